The number of anilines is 2. The van der Waals surface area contributed by atoms with E-state index in [1.807, 2.05) is 0 Å². The highest BCUT2D eigenvalue weighted by molar-refractivity contribution is 5.88. The summed E-state index contributed by atoms with van der Waals surface area (Å²) in [4.78, 5) is 33.9. The number of carbonyl (C=O) groups excluding carboxylic acids is 2. The van der Waals surface area contributed by atoms with Crippen molar-refractivity contribution < 1.29 is 14.3 Å². The summed E-state index contributed by atoms with van der Waals surface area (Å²) in [7, 11) is 1.39. The summed E-state index contributed by atoms with van der Waals surface area (Å²) in [6, 6.07) is -0.207. The highest BCUT2D eigenvalue weighted by Gasteiger charge is 2.28. The van der Waals surface area contributed by atoms with Crippen LogP contribution in [0.15, 0.2) is 6.20 Å². The summed E-state index contributed by atoms with van der Waals surface area (Å²) in [5.74, 6) is 1.22. The Labute approximate surface area is 140 Å². The Morgan fingerprint density at radius 2 is 2.38 bits per heavy atom. The van der Waals surface area contributed by atoms with Crippen LogP contribution in [-0.4, -0.2) is 59.8 Å². The van der Waals surface area contributed by atoms with Crippen molar-refractivity contribution in [3.63, 3.8) is 0 Å². The van der Waals surface area contributed by atoms with E-state index in [0.717, 1.165) is 37.3 Å². The van der Waals surface area contributed by atoms with Gasteiger partial charge in [0.25, 0.3) is 0 Å². The second kappa shape index (κ2) is 7.33. The van der Waals surface area contributed by atoms with E-state index in [4.69, 9.17) is 4.74 Å². The van der Waals surface area contributed by atoms with Crippen LogP contribution in [0, 0.1) is 0 Å². The van der Waals surface area contributed by atoms with E-state index in [1.54, 1.807) is 4.90 Å². The van der Waals surface area contributed by atoms with Gasteiger partial charge in [-0.05, 0) is 19.3 Å². The zero-order chi connectivity index (χ0) is 16.9. The molecule has 1 aromatic heterocycles. The van der Waals surface area contributed by atoms with Crippen molar-refractivity contribution in [2.24, 2.45) is 0 Å². The van der Waals surface area contributed by atoms with Crippen LogP contribution in [0.25, 0.3) is 0 Å². The molecule has 9 heteroatoms. The van der Waals surface area contributed by atoms with Gasteiger partial charge in [-0.2, -0.15) is 0 Å². The largest absolute Gasteiger partial charge is 0.453 e. The molecule has 1 aromatic rings. The molecule has 3 rings (SSSR count). The number of rotatable bonds is 4. The SMILES string of the molecule is COC(=O)N1CCCC1CCNC(=O)Nc1cnc2c(n1)CCN2. The Morgan fingerprint density at radius 3 is 3.21 bits per heavy atom. The molecule has 0 bridgehead atoms. The third kappa shape index (κ3) is 3.66. The summed E-state index contributed by atoms with van der Waals surface area (Å²) in [6.07, 6.45) is 4.63. The molecule has 0 spiro atoms. The van der Waals surface area contributed by atoms with E-state index in [0.29, 0.717) is 25.3 Å². The van der Waals surface area contributed by atoms with Crippen LogP contribution in [0.2, 0.25) is 0 Å². The van der Waals surface area contributed by atoms with Crippen molar-refractivity contribution in [1.82, 2.24) is 20.2 Å². The Balaban J connectivity index is 1.43. The van der Waals surface area contributed by atoms with Gasteiger partial charge in [0.2, 0.25) is 0 Å². The number of amides is 3. The maximum Gasteiger partial charge on any atom is 0.409 e. The summed E-state index contributed by atoms with van der Waals surface area (Å²) in [5, 5.41) is 8.60. The molecule has 1 fully saturated rings. The summed E-state index contributed by atoms with van der Waals surface area (Å²) >= 11 is 0. The minimum absolute atomic E-state index is 0.114. The molecule has 1 saturated heterocycles. The molecule has 1 atom stereocenters. The van der Waals surface area contributed by atoms with Crippen LogP contribution < -0.4 is 16.0 Å². The van der Waals surface area contributed by atoms with E-state index in [9.17, 15) is 9.59 Å². The van der Waals surface area contributed by atoms with Crippen molar-refractivity contribution >= 4 is 23.8 Å². The average Bonchev–Trinajstić information content (AvgIpc) is 3.22. The van der Waals surface area contributed by atoms with Gasteiger partial charge in [0.1, 0.15) is 5.82 Å². The first-order valence-electron chi connectivity index (χ1n) is 8.16. The minimum atomic E-state index is -0.321. The fourth-order valence-electron chi connectivity index (χ4n) is 3.12. The Hall–Kier alpha value is -2.58. The smallest absolute Gasteiger partial charge is 0.409 e. The Morgan fingerprint density at radius 1 is 1.50 bits per heavy atom. The number of hydrogen-bond acceptors (Lipinski definition) is 6. The highest BCUT2D eigenvalue weighted by atomic mass is 16.5. The Kier molecular flexibility index (Phi) is 4.97. The topological polar surface area (TPSA) is 108 Å². The first-order chi connectivity index (χ1) is 11.7. The second-order valence-electron chi connectivity index (χ2n) is 5.86. The highest BCUT2D eigenvalue weighted by Crippen LogP contribution is 2.20. The van der Waals surface area contributed by atoms with Gasteiger partial charge in [-0.15, -0.1) is 0 Å². The first-order valence-corrected chi connectivity index (χ1v) is 8.16. The lowest BCUT2D eigenvalue weighted by atomic mass is 10.1. The maximum atomic E-state index is 11.9. The lowest BCUT2D eigenvalue weighted by Crippen LogP contribution is -2.38. The van der Waals surface area contributed by atoms with Gasteiger partial charge in [0.15, 0.2) is 5.82 Å². The van der Waals surface area contributed by atoms with E-state index < -0.39 is 0 Å². The molecule has 3 amide bonds. The fourth-order valence-corrected chi connectivity index (χ4v) is 3.12. The van der Waals surface area contributed by atoms with Gasteiger partial charge in [-0.3, -0.25) is 5.32 Å². The van der Waals surface area contributed by atoms with E-state index in [-0.39, 0.29) is 18.2 Å². The number of urea groups is 1. The molecule has 0 aliphatic carbocycles. The number of hydrogen-bond donors (Lipinski definition) is 3. The number of fused-ring (bicyclic) bond motifs is 1. The Bertz CT molecular complexity index is 623. The van der Waals surface area contributed by atoms with Crippen molar-refractivity contribution in [3.05, 3.63) is 11.9 Å². The van der Waals surface area contributed by atoms with Crippen LogP contribution in [0.4, 0.5) is 21.2 Å². The van der Waals surface area contributed by atoms with Crippen LogP contribution >= 0.6 is 0 Å². The summed E-state index contributed by atoms with van der Waals surface area (Å²) < 4.78 is 4.77. The number of ether oxygens (including phenoxy) is 1. The van der Waals surface area contributed by atoms with Crippen molar-refractivity contribution in [2.75, 3.05) is 37.4 Å². The number of nitrogens with one attached hydrogen (secondary N) is 3. The van der Waals surface area contributed by atoms with Crippen LogP contribution in [0.1, 0.15) is 25.0 Å². The average molecular weight is 334 g/mol. The number of carbonyl (C=O) groups is 2. The van der Waals surface area contributed by atoms with E-state index in [1.165, 1.54) is 13.3 Å². The standard InChI is InChI=1S/C15H22N6O3/c1-24-15(23)21-8-2-3-10(21)4-6-17-14(22)20-12-9-18-13-11(19-12)5-7-16-13/h9-10H,2-8H2,1H3,(H,16,18)(H2,17,19,20,22). The van der Waals surface area contributed by atoms with E-state index in [2.05, 4.69) is 25.9 Å². The quantitative estimate of drug-likeness (QED) is 0.763. The third-order valence-electron chi connectivity index (χ3n) is 4.29. The number of aromatic nitrogens is 2. The molecule has 2 aliphatic heterocycles. The van der Waals surface area contributed by atoms with Crippen LogP contribution in [-0.2, 0) is 11.2 Å². The maximum absolute atomic E-state index is 11.9. The normalized spacial score (nSPS) is 18.7. The molecule has 3 N–H and O–H groups in total. The molecular weight excluding hydrogens is 312 g/mol. The van der Waals surface area contributed by atoms with Gasteiger partial charge in [-0.25, -0.2) is 19.6 Å². The zero-order valence-electron chi connectivity index (χ0n) is 13.7. The molecule has 0 aromatic carbocycles. The van der Waals surface area contributed by atoms with Crippen LogP contribution in [0.5, 0.6) is 0 Å². The molecule has 2 aliphatic rings. The molecule has 0 radical (unpaired) electrons. The number of methoxy groups -OCH3 is 1. The molecule has 1 unspecified atom stereocenters. The molecule has 9 nitrogen and oxygen atoms in total. The summed E-state index contributed by atoms with van der Waals surface area (Å²) in [5.41, 5.74) is 0.868. The van der Waals surface area contributed by atoms with Crippen LogP contribution in [0.3, 0.4) is 0 Å². The van der Waals surface area contributed by atoms with Crippen molar-refractivity contribution in [1.29, 1.82) is 0 Å². The van der Waals surface area contributed by atoms with Gasteiger partial charge >= 0.3 is 12.1 Å². The van der Waals surface area contributed by atoms with E-state index >= 15 is 0 Å². The number of nitrogens with zero attached hydrogens (tertiary/aromatic N) is 3. The lowest BCUT2D eigenvalue weighted by molar-refractivity contribution is 0.117. The molecular formula is C15H22N6O3. The van der Waals surface area contributed by atoms with Gasteiger partial charge in [0.05, 0.1) is 19.0 Å². The lowest BCUT2D eigenvalue weighted by Gasteiger charge is -2.23. The predicted molar refractivity (Wildman–Crippen MR) is 88.0 cm³/mol. The molecule has 130 valence electrons. The zero-order valence-corrected chi connectivity index (χ0v) is 13.7. The minimum Gasteiger partial charge on any atom is -0.453 e. The van der Waals surface area contributed by atoms with Gasteiger partial charge in [0, 0.05) is 32.1 Å². The molecule has 3 heterocycles. The van der Waals surface area contributed by atoms with Crippen molar-refractivity contribution in [2.45, 2.75) is 31.7 Å². The first kappa shape index (κ1) is 16.3. The second-order valence-corrected chi connectivity index (χ2v) is 5.86. The summed E-state index contributed by atoms with van der Waals surface area (Å²) in [6.45, 7) is 2.01. The van der Waals surface area contributed by atoms with Gasteiger partial charge in [-0.1, -0.05) is 0 Å². The monoisotopic (exact) mass is 334 g/mol. The third-order valence-corrected chi connectivity index (χ3v) is 4.29. The fraction of sp³-hybridized carbons (Fsp3) is 0.600. The number of likely N-dealkylation sites (tertiary alicyclic amines) is 1. The molecule has 0 saturated carbocycles. The predicted octanol–water partition coefficient (Wildman–Crippen LogP) is 1.19. The van der Waals surface area contributed by atoms with Gasteiger partial charge < -0.3 is 20.3 Å². The van der Waals surface area contributed by atoms with Crippen molar-refractivity contribution in [3.8, 4) is 0 Å². The molecule has 24 heavy (non-hydrogen) atoms.